The number of hydrogen-bond acceptors (Lipinski definition) is 7. The molecule has 1 saturated heterocycles. The van der Waals surface area contributed by atoms with Crippen LogP contribution in [0.3, 0.4) is 0 Å². The summed E-state index contributed by atoms with van der Waals surface area (Å²) in [6.45, 7) is 5.06. The van der Waals surface area contributed by atoms with Crippen molar-refractivity contribution in [2.24, 2.45) is 0 Å². The first-order chi connectivity index (χ1) is 15.0. The molecule has 0 unspecified atom stereocenters. The van der Waals surface area contributed by atoms with E-state index in [0.29, 0.717) is 35.1 Å². The van der Waals surface area contributed by atoms with Crippen LogP contribution in [0, 0.1) is 0 Å². The number of aliphatic hydroxyl groups is 1. The fourth-order valence-electron chi connectivity index (χ4n) is 4.64. The van der Waals surface area contributed by atoms with Crippen molar-refractivity contribution in [3.63, 3.8) is 0 Å². The van der Waals surface area contributed by atoms with Gasteiger partial charge in [-0.2, -0.15) is 0 Å². The molecule has 1 amide bonds. The Bertz CT molecular complexity index is 981. The van der Waals surface area contributed by atoms with E-state index >= 15 is 0 Å². The molecule has 0 atom stereocenters. The van der Waals surface area contributed by atoms with Crippen molar-refractivity contribution in [1.29, 1.82) is 0 Å². The number of nitrogens with one attached hydrogen (secondary N) is 1. The molecule has 5 rings (SSSR count). The maximum Gasteiger partial charge on any atom is 0.243 e. The Morgan fingerprint density at radius 1 is 1.19 bits per heavy atom. The Morgan fingerprint density at radius 2 is 1.97 bits per heavy atom. The topological polar surface area (TPSA) is 100 Å². The van der Waals surface area contributed by atoms with Gasteiger partial charge in [0.1, 0.15) is 18.2 Å². The molecule has 2 aromatic heterocycles. The summed E-state index contributed by atoms with van der Waals surface area (Å²) in [5.74, 6) is 1.83. The fraction of sp³-hybridized carbons (Fsp3) is 0.565. The molecule has 0 aromatic carbocycles. The third-order valence-corrected chi connectivity index (χ3v) is 6.77. The van der Waals surface area contributed by atoms with Crippen molar-refractivity contribution in [3.05, 3.63) is 35.4 Å². The van der Waals surface area contributed by atoms with Crippen LogP contribution < -0.4 is 10.2 Å². The average molecular weight is 424 g/mol. The highest BCUT2D eigenvalue weighted by Crippen LogP contribution is 2.47. The molecule has 1 saturated carbocycles. The summed E-state index contributed by atoms with van der Waals surface area (Å²) in [4.78, 5) is 28.9. The highest BCUT2D eigenvalue weighted by atomic mass is 16.5. The van der Waals surface area contributed by atoms with Crippen molar-refractivity contribution in [2.75, 3.05) is 23.4 Å². The highest BCUT2D eigenvalue weighted by molar-refractivity contribution is 6.12. The van der Waals surface area contributed by atoms with Gasteiger partial charge in [0.15, 0.2) is 5.82 Å². The molecule has 0 radical (unpaired) electrons. The lowest BCUT2D eigenvalue weighted by atomic mass is 9.86. The molecular weight excluding hydrogens is 394 g/mol. The third kappa shape index (κ3) is 3.47. The number of nitrogens with zero attached hydrogens (tertiary/aromatic N) is 4. The zero-order chi connectivity index (χ0) is 21.6. The minimum atomic E-state index is -0.783. The van der Waals surface area contributed by atoms with Gasteiger partial charge in [0.2, 0.25) is 5.91 Å². The molecule has 8 nitrogen and oxygen atoms in total. The summed E-state index contributed by atoms with van der Waals surface area (Å²) in [7, 11) is 0. The minimum absolute atomic E-state index is 0.0656. The first-order valence-electron chi connectivity index (χ1n) is 11.2. The Labute approximate surface area is 182 Å². The van der Waals surface area contributed by atoms with Crippen LogP contribution in [0.1, 0.15) is 69.0 Å². The number of rotatable bonds is 5. The van der Waals surface area contributed by atoms with E-state index in [4.69, 9.17) is 4.74 Å². The number of pyridine rings is 1. The number of aliphatic hydroxyl groups excluding tert-OH is 1. The largest absolute Gasteiger partial charge is 0.388 e. The lowest BCUT2D eigenvalue weighted by Crippen LogP contribution is -2.34. The maximum atomic E-state index is 13.5. The number of carbonyl (C=O) groups excluding carboxylic acids is 1. The number of amides is 1. The number of hydrogen-bond donors (Lipinski definition) is 2. The minimum Gasteiger partial charge on any atom is -0.388 e. The van der Waals surface area contributed by atoms with Gasteiger partial charge in [-0.25, -0.2) is 9.97 Å². The van der Waals surface area contributed by atoms with E-state index in [-0.39, 0.29) is 12.5 Å². The fourth-order valence-corrected chi connectivity index (χ4v) is 4.64. The molecule has 31 heavy (non-hydrogen) atoms. The lowest BCUT2D eigenvalue weighted by Gasteiger charge is -2.29. The number of ether oxygens (including phenoxy) is 1. The summed E-state index contributed by atoms with van der Waals surface area (Å²) in [5, 5.41) is 13.2. The van der Waals surface area contributed by atoms with Crippen LogP contribution in [-0.2, 0) is 21.6 Å². The molecule has 3 aliphatic rings. The Balaban J connectivity index is 1.53. The summed E-state index contributed by atoms with van der Waals surface area (Å²) in [6, 6.07) is 4.30. The van der Waals surface area contributed by atoms with E-state index in [9.17, 15) is 9.90 Å². The lowest BCUT2D eigenvalue weighted by molar-refractivity contribution is -0.121. The summed E-state index contributed by atoms with van der Waals surface area (Å²) >= 11 is 0. The monoisotopic (exact) mass is 423 g/mol. The van der Waals surface area contributed by atoms with Gasteiger partial charge in [0, 0.05) is 30.9 Å². The summed E-state index contributed by atoms with van der Waals surface area (Å²) in [6.07, 6.45) is 7.05. The first-order valence-corrected chi connectivity index (χ1v) is 11.2. The van der Waals surface area contributed by atoms with Crippen LogP contribution in [0.25, 0.3) is 0 Å². The van der Waals surface area contributed by atoms with Gasteiger partial charge in [0.25, 0.3) is 0 Å². The van der Waals surface area contributed by atoms with E-state index in [1.807, 2.05) is 26.0 Å². The van der Waals surface area contributed by atoms with Gasteiger partial charge < -0.3 is 15.2 Å². The summed E-state index contributed by atoms with van der Waals surface area (Å²) in [5.41, 5.74) is 1.72. The van der Waals surface area contributed by atoms with Gasteiger partial charge in [-0.1, -0.05) is 0 Å². The Hall–Kier alpha value is -2.58. The quantitative estimate of drug-likeness (QED) is 0.762. The van der Waals surface area contributed by atoms with E-state index < -0.39 is 5.41 Å². The Morgan fingerprint density at radius 3 is 2.58 bits per heavy atom. The number of anilines is 3. The van der Waals surface area contributed by atoms with Crippen LogP contribution in [-0.4, -0.2) is 45.2 Å². The van der Waals surface area contributed by atoms with E-state index in [0.717, 1.165) is 50.2 Å². The van der Waals surface area contributed by atoms with E-state index in [1.54, 1.807) is 11.1 Å². The van der Waals surface area contributed by atoms with Crippen LogP contribution in [0.2, 0.25) is 0 Å². The van der Waals surface area contributed by atoms with Crippen LogP contribution >= 0.6 is 0 Å². The molecule has 0 bridgehead atoms. The molecule has 2 aliphatic heterocycles. The van der Waals surface area contributed by atoms with Crippen molar-refractivity contribution in [2.45, 2.75) is 69.9 Å². The van der Waals surface area contributed by atoms with Crippen molar-refractivity contribution in [3.8, 4) is 0 Å². The second-order valence-electron chi connectivity index (χ2n) is 9.21. The molecule has 1 aliphatic carbocycles. The second kappa shape index (κ2) is 7.84. The first kappa shape index (κ1) is 20.3. The molecule has 8 heteroatoms. The molecule has 0 spiro atoms. The Kier molecular flexibility index (Phi) is 5.14. The molecule has 2 N–H and O–H groups in total. The molecule has 2 aromatic rings. The highest BCUT2D eigenvalue weighted by Gasteiger charge is 2.48. The second-order valence-corrected chi connectivity index (χ2v) is 9.21. The number of carbonyl (C=O) groups is 1. The van der Waals surface area contributed by atoms with E-state index in [1.165, 1.54) is 6.42 Å². The maximum absolute atomic E-state index is 13.5. The van der Waals surface area contributed by atoms with Gasteiger partial charge in [0.05, 0.1) is 22.9 Å². The number of fused-ring (bicyclic) bond motifs is 1. The SMILES string of the molecule is CC1(C)C(=O)N(c2ccc(C3CCOCC3)nc2)c2nc(CO)nc(NC3CCC3)c21. The van der Waals surface area contributed by atoms with Crippen molar-refractivity contribution in [1.82, 2.24) is 15.0 Å². The number of aromatic nitrogens is 3. The van der Waals surface area contributed by atoms with Gasteiger partial charge in [-0.3, -0.25) is 14.7 Å². The average Bonchev–Trinajstić information content (AvgIpc) is 2.97. The van der Waals surface area contributed by atoms with E-state index in [2.05, 4.69) is 20.3 Å². The van der Waals surface area contributed by atoms with Gasteiger partial charge in [-0.15, -0.1) is 0 Å². The van der Waals surface area contributed by atoms with Crippen molar-refractivity contribution < 1.29 is 14.6 Å². The molecule has 2 fully saturated rings. The molecular formula is C23H29N5O3. The third-order valence-electron chi connectivity index (χ3n) is 6.77. The summed E-state index contributed by atoms with van der Waals surface area (Å²) < 4.78 is 5.45. The predicted molar refractivity (Wildman–Crippen MR) is 116 cm³/mol. The molecule has 164 valence electrons. The molecule has 4 heterocycles. The van der Waals surface area contributed by atoms with Crippen molar-refractivity contribution >= 4 is 23.2 Å². The smallest absolute Gasteiger partial charge is 0.243 e. The standard InChI is InChI=1S/C23H29N5O3/c1-23(2)19-20(25-15-4-3-5-15)26-18(13-29)27-21(19)28(22(23)30)16-6-7-17(24-12-16)14-8-10-31-11-9-14/h6-7,12,14-15,29H,3-5,8-11,13H2,1-2H3,(H,25,26,27). The van der Waals surface area contributed by atoms with Gasteiger partial charge >= 0.3 is 0 Å². The zero-order valence-corrected chi connectivity index (χ0v) is 18.1. The van der Waals surface area contributed by atoms with Gasteiger partial charge in [-0.05, 0) is 58.1 Å². The zero-order valence-electron chi connectivity index (χ0n) is 18.1. The normalized spacial score (nSPS) is 21.1. The van der Waals surface area contributed by atoms with Crippen LogP contribution in [0.15, 0.2) is 18.3 Å². The van der Waals surface area contributed by atoms with Crippen LogP contribution in [0.4, 0.5) is 17.3 Å². The predicted octanol–water partition coefficient (Wildman–Crippen LogP) is 3.18. The van der Waals surface area contributed by atoms with Crippen LogP contribution in [0.5, 0.6) is 0 Å².